The van der Waals surface area contributed by atoms with Crippen molar-refractivity contribution in [2.45, 2.75) is 39.0 Å². The summed E-state index contributed by atoms with van der Waals surface area (Å²) >= 11 is 0. The zero-order valence-corrected chi connectivity index (χ0v) is 12.5. The second kappa shape index (κ2) is 8.89. The van der Waals surface area contributed by atoms with Crippen LogP contribution in [0.1, 0.15) is 44.6 Å². The van der Waals surface area contributed by atoms with Gasteiger partial charge in [-0.1, -0.05) is 44.7 Å². The lowest BCUT2D eigenvalue weighted by atomic mass is 10.2. The molecule has 1 heterocycles. The average Bonchev–Trinajstić information content (AvgIpc) is 3.03. The van der Waals surface area contributed by atoms with Gasteiger partial charge in [-0.05, 0) is 18.6 Å². The second-order valence-corrected chi connectivity index (χ2v) is 4.89. The van der Waals surface area contributed by atoms with Crippen molar-refractivity contribution in [2.24, 2.45) is 5.10 Å². The monoisotopic (exact) mass is 286 g/mol. The summed E-state index contributed by atoms with van der Waals surface area (Å²) in [7, 11) is 0. The van der Waals surface area contributed by atoms with Crippen LogP contribution in [0.2, 0.25) is 0 Å². The third kappa shape index (κ3) is 5.38. The van der Waals surface area contributed by atoms with Gasteiger partial charge in [-0.2, -0.15) is 5.10 Å². The summed E-state index contributed by atoms with van der Waals surface area (Å²) in [5.41, 5.74) is 0.958. The summed E-state index contributed by atoms with van der Waals surface area (Å²) in [5.74, 6) is 0.866. The van der Waals surface area contributed by atoms with Gasteiger partial charge in [-0.3, -0.25) is 0 Å². The molecular formula is C16H22N4O. The van der Waals surface area contributed by atoms with Gasteiger partial charge in [0.1, 0.15) is 18.4 Å². The number of nitrogens with zero attached hydrogens (tertiary/aromatic N) is 4. The van der Waals surface area contributed by atoms with Crippen LogP contribution in [-0.2, 0) is 0 Å². The van der Waals surface area contributed by atoms with E-state index in [0.29, 0.717) is 0 Å². The molecule has 5 heteroatoms. The molecule has 0 radical (unpaired) electrons. The molecule has 0 aliphatic carbocycles. The Labute approximate surface area is 125 Å². The molecule has 5 nitrogen and oxygen atoms in total. The smallest absolute Gasteiger partial charge is 0.141 e. The number of hydrogen-bond acceptors (Lipinski definition) is 4. The zero-order chi connectivity index (χ0) is 14.8. The topological polar surface area (TPSA) is 52.3 Å². The van der Waals surface area contributed by atoms with Crippen molar-refractivity contribution in [1.29, 1.82) is 0 Å². The molecule has 0 saturated carbocycles. The minimum absolute atomic E-state index is 0.751. The van der Waals surface area contributed by atoms with E-state index in [9.17, 15) is 0 Å². The van der Waals surface area contributed by atoms with Crippen LogP contribution in [0.5, 0.6) is 5.75 Å². The fourth-order valence-electron chi connectivity index (χ4n) is 1.99. The molecule has 0 unspecified atom stereocenters. The Balaban J connectivity index is 1.85. The first-order chi connectivity index (χ1) is 10.4. The Morgan fingerprint density at radius 2 is 1.86 bits per heavy atom. The Bertz CT molecular complexity index is 537. The standard InChI is InChI=1S/C16H22N4O/c1-2-3-4-5-8-11-21-16-10-7-6-9-15(16)12-19-20-13-17-18-14-20/h6-7,9-10,12-14H,2-5,8,11H2,1H3/b19-12-. The van der Waals surface area contributed by atoms with E-state index in [1.807, 2.05) is 24.3 Å². The van der Waals surface area contributed by atoms with Crippen LogP contribution in [-0.4, -0.2) is 27.7 Å². The molecule has 21 heavy (non-hydrogen) atoms. The molecule has 0 aliphatic heterocycles. The first kappa shape index (κ1) is 15.2. The molecule has 0 aliphatic rings. The first-order valence-corrected chi connectivity index (χ1v) is 7.51. The largest absolute Gasteiger partial charge is 0.493 e. The predicted octanol–water partition coefficient (Wildman–Crippen LogP) is 3.51. The Hall–Kier alpha value is -2.17. The third-order valence-electron chi connectivity index (χ3n) is 3.16. The lowest BCUT2D eigenvalue weighted by Gasteiger charge is -2.08. The van der Waals surface area contributed by atoms with E-state index in [-0.39, 0.29) is 0 Å². The van der Waals surface area contributed by atoms with Gasteiger partial charge in [0, 0.05) is 5.56 Å². The zero-order valence-electron chi connectivity index (χ0n) is 12.5. The van der Waals surface area contributed by atoms with Gasteiger partial charge in [-0.15, -0.1) is 10.2 Å². The maximum atomic E-state index is 5.86. The maximum Gasteiger partial charge on any atom is 0.141 e. The van der Waals surface area contributed by atoms with Crippen LogP contribution in [0.25, 0.3) is 0 Å². The molecule has 0 bridgehead atoms. The highest BCUT2D eigenvalue weighted by Gasteiger charge is 2.00. The molecule has 2 rings (SSSR count). The molecule has 1 aromatic carbocycles. The van der Waals surface area contributed by atoms with Crippen molar-refractivity contribution < 1.29 is 4.74 Å². The molecular weight excluding hydrogens is 264 g/mol. The van der Waals surface area contributed by atoms with Crippen LogP contribution in [0, 0.1) is 0 Å². The number of para-hydroxylation sites is 1. The number of benzene rings is 1. The van der Waals surface area contributed by atoms with Crippen molar-refractivity contribution in [1.82, 2.24) is 14.9 Å². The van der Waals surface area contributed by atoms with Crippen molar-refractivity contribution >= 4 is 6.21 Å². The second-order valence-electron chi connectivity index (χ2n) is 4.89. The van der Waals surface area contributed by atoms with E-state index >= 15 is 0 Å². The summed E-state index contributed by atoms with van der Waals surface area (Å²) in [5, 5.41) is 11.7. The number of hydrogen-bond donors (Lipinski definition) is 0. The molecule has 0 saturated heterocycles. The van der Waals surface area contributed by atoms with Crippen molar-refractivity contribution in [3.05, 3.63) is 42.5 Å². The predicted molar refractivity (Wildman–Crippen MR) is 83.7 cm³/mol. The summed E-state index contributed by atoms with van der Waals surface area (Å²) in [6.45, 7) is 2.98. The fraction of sp³-hybridized carbons (Fsp3) is 0.438. The maximum absolute atomic E-state index is 5.86. The van der Waals surface area contributed by atoms with E-state index in [1.165, 1.54) is 25.7 Å². The molecule has 0 spiro atoms. The van der Waals surface area contributed by atoms with Gasteiger partial charge in [0.05, 0.1) is 12.8 Å². The Morgan fingerprint density at radius 1 is 1.10 bits per heavy atom. The van der Waals surface area contributed by atoms with Crippen LogP contribution in [0.4, 0.5) is 0 Å². The van der Waals surface area contributed by atoms with Crippen LogP contribution in [0.3, 0.4) is 0 Å². The third-order valence-corrected chi connectivity index (χ3v) is 3.16. The molecule has 2 aromatic rings. The summed E-state index contributed by atoms with van der Waals surface area (Å²) in [6, 6.07) is 7.91. The van der Waals surface area contributed by atoms with Crippen molar-refractivity contribution in [3.63, 3.8) is 0 Å². The van der Waals surface area contributed by atoms with Gasteiger partial charge in [0.2, 0.25) is 0 Å². The number of ether oxygens (including phenoxy) is 1. The minimum atomic E-state index is 0.751. The molecule has 0 fully saturated rings. The van der Waals surface area contributed by atoms with E-state index < -0.39 is 0 Å². The minimum Gasteiger partial charge on any atom is -0.493 e. The lowest BCUT2D eigenvalue weighted by molar-refractivity contribution is 0.304. The van der Waals surface area contributed by atoms with Crippen molar-refractivity contribution in [2.75, 3.05) is 6.61 Å². The molecule has 0 N–H and O–H groups in total. The molecule has 0 atom stereocenters. The number of aromatic nitrogens is 3. The van der Waals surface area contributed by atoms with Gasteiger partial charge in [0.25, 0.3) is 0 Å². The van der Waals surface area contributed by atoms with E-state index in [4.69, 9.17) is 4.74 Å². The fourth-order valence-corrected chi connectivity index (χ4v) is 1.99. The summed E-state index contributed by atoms with van der Waals surface area (Å²) in [6.07, 6.45) is 11.0. The van der Waals surface area contributed by atoms with Gasteiger partial charge >= 0.3 is 0 Å². The SMILES string of the molecule is CCCCCCCOc1ccccc1/C=N\n1cnnc1. The highest BCUT2D eigenvalue weighted by Crippen LogP contribution is 2.16. The Morgan fingerprint density at radius 3 is 2.67 bits per heavy atom. The van der Waals surface area contributed by atoms with Gasteiger partial charge < -0.3 is 4.74 Å². The average molecular weight is 286 g/mol. The van der Waals surface area contributed by atoms with E-state index in [0.717, 1.165) is 24.3 Å². The van der Waals surface area contributed by atoms with Gasteiger partial charge in [0.15, 0.2) is 0 Å². The number of unbranched alkanes of at least 4 members (excludes halogenated alkanes) is 4. The van der Waals surface area contributed by atoms with E-state index in [1.54, 1.807) is 23.5 Å². The molecule has 0 amide bonds. The van der Waals surface area contributed by atoms with Crippen molar-refractivity contribution in [3.8, 4) is 5.75 Å². The molecule has 112 valence electrons. The lowest BCUT2D eigenvalue weighted by Crippen LogP contribution is -2.00. The highest BCUT2D eigenvalue weighted by atomic mass is 16.5. The van der Waals surface area contributed by atoms with Crippen LogP contribution in [0.15, 0.2) is 42.0 Å². The first-order valence-electron chi connectivity index (χ1n) is 7.51. The van der Waals surface area contributed by atoms with Crippen LogP contribution < -0.4 is 4.74 Å². The summed E-state index contributed by atoms with van der Waals surface area (Å²) in [4.78, 5) is 0. The number of rotatable bonds is 9. The van der Waals surface area contributed by atoms with Crippen LogP contribution >= 0.6 is 0 Å². The highest BCUT2D eigenvalue weighted by molar-refractivity contribution is 5.83. The van der Waals surface area contributed by atoms with Gasteiger partial charge in [-0.25, -0.2) is 4.68 Å². The normalized spacial score (nSPS) is 11.1. The Kier molecular flexibility index (Phi) is 6.45. The molecule has 1 aromatic heterocycles. The quantitative estimate of drug-likeness (QED) is 0.523. The summed E-state index contributed by atoms with van der Waals surface area (Å²) < 4.78 is 7.41. The van der Waals surface area contributed by atoms with E-state index in [2.05, 4.69) is 22.2 Å².